The highest BCUT2D eigenvalue weighted by Gasteiger charge is 2.16. The van der Waals surface area contributed by atoms with Crippen molar-refractivity contribution >= 4 is 15.7 Å². The fraction of sp³-hybridized carbons (Fsp3) is 0.364. The number of sulfone groups is 1. The van der Waals surface area contributed by atoms with Gasteiger partial charge in [-0.25, -0.2) is 17.2 Å². The lowest BCUT2D eigenvalue weighted by Crippen LogP contribution is -2.23. The molecule has 0 atom stereocenters. The van der Waals surface area contributed by atoms with Gasteiger partial charge in [0.2, 0.25) is 5.91 Å². The van der Waals surface area contributed by atoms with E-state index in [1.165, 1.54) is 6.92 Å². The first-order chi connectivity index (χ1) is 8.33. The molecule has 1 aromatic carbocycles. The summed E-state index contributed by atoms with van der Waals surface area (Å²) in [6.45, 7) is 1.54. The predicted octanol–water partition coefficient (Wildman–Crippen LogP) is 1.26. The Bertz CT molecular complexity index is 543. The van der Waals surface area contributed by atoms with Crippen molar-refractivity contribution in [2.75, 3.05) is 12.3 Å². The molecule has 100 valence electrons. The van der Waals surface area contributed by atoms with Crippen LogP contribution in [0.1, 0.15) is 13.3 Å². The molecule has 0 aliphatic carbocycles. The zero-order valence-electron chi connectivity index (χ0n) is 9.74. The molecule has 1 rings (SSSR count). The third-order valence-electron chi connectivity index (χ3n) is 2.21. The van der Waals surface area contributed by atoms with Gasteiger partial charge in [0.1, 0.15) is 0 Å². The number of benzene rings is 1. The lowest BCUT2D eigenvalue weighted by molar-refractivity contribution is -0.118. The quantitative estimate of drug-likeness (QED) is 0.651. The molecular formula is C11H13F2NO3S. The molecule has 4 nitrogen and oxygen atoms in total. The summed E-state index contributed by atoms with van der Waals surface area (Å²) < 4.78 is 49.0. The van der Waals surface area contributed by atoms with Gasteiger partial charge in [0.25, 0.3) is 0 Å². The van der Waals surface area contributed by atoms with E-state index in [1.807, 2.05) is 0 Å². The summed E-state index contributed by atoms with van der Waals surface area (Å²) in [6.07, 6.45) is 0.209. The Labute approximate surface area is 104 Å². The minimum absolute atomic E-state index is 0.209. The van der Waals surface area contributed by atoms with Crippen LogP contribution in [0, 0.1) is 11.6 Å². The van der Waals surface area contributed by atoms with E-state index in [4.69, 9.17) is 0 Å². The molecule has 1 aromatic rings. The topological polar surface area (TPSA) is 63.2 Å². The normalized spacial score (nSPS) is 11.3. The smallest absolute Gasteiger partial charge is 0.216 e. The third-order valence-corrected chi connectivity index (χ3v) is 4.01. The minimum atomic E-state index is -3.66. The first kappa shape index (κ1) is 14.6. The lowest BCUT2D eigenvalue weighted by atomic mass is 10.3. The molecule has 1 amide bonds. The Morgan fingerprint density at radius 3 is 2.50 bits per heavy atom. The summed E-state index contributed by atoms with van der Waals surface area (Å²) in [4.78, 5) is 10.3. The maximum Gasteiger partial charge on any atom is 0.216 e. The van der Waals surface area contributed by atoms with E-state index in [2.05, 4.69) is 5.32 Å². The van der Waals surface area contributed by atoms with E-state index in [1.54, 1.807) is 0 Å². The number of carbonyl (C=O) groups excluding carboxylic acids is 1. The standard InChI is InChI=1S/C11H13F2NO3S/c1-8(15)14-5-2-6-18(16,17)9-3-4-10(12)11(13)7-9/h3-4,7H,2,5-6H2,1H3,(H,14,15). The average Bonchev–Trinajstić information content (AvgIpc) is 2.28. The van der Waals surface area contributed by atoms with Gasteiger partial charge in [0.15, 0.2) is 21.5 Å². The van der Waals surface area contributed by atoms with E-state index in [0.29, 0.717) is 6.07 Å². The third kappa shape index (κ3) is 4.06. The van der Waals surface area contributed by atoms with Crippen LogP contribution in [0.4, 0.5) is 8.78 Å². The molecular weight excluding hydrogens is 264 g/mol. The van der Waals surface area contributed by atoms with Gasteiger partial charge in [-0.05, 0) is 24.6 Å². The van der Waals surface area contributed by atoms with Crippen molar-refractivity contribution < 1.29 is 22.0 Å². The van der Waals surface area contributed by atoms with Crippen LogP contribution in [0.2, 0.25) is 0 Å². The number of hydrogen-bond donors (Lipinski definition) is 1. The Balaban J connectivity index is 2.68. The Morgan fingerprint density at radius 1 is 1.28 bits per heavy atom. The molecule has 0 aromatic heterocycles. The first-order valence-electron chi connectivity index (χ1n) is 5.25. The van der Waals surface area contributed by atoms with Gasteiger partial charge in [0, 0.05) is 13.5 Å². The van der Waals surface area contributed by atoms with Crippen molar-refractivity contribution in [1.82, 2.24) is 5.32 Å². The highest BCUT2D eigenvalue weighted by Crippen LogP contribution is 2.15. The summed E-state index contributed by atoms with van der Waals surface area (Å²) in [7, 11) is -3.66. The Morgan fingerprint density at radius 2 is 1.94 bits per heavy atom. The van der Waals surface area contributed by atoms with Crippen molar-refractivity contribution in [2.45, 2.75) is 18.2 Å². The molecule has 0 aliphatic heterocycles. The van der Waals surface area contributed by atoms with E-state index in [0.717, 1.165) is 12.1 Å². The molecule has 0 heterocycles. The zero-order valence-corrected chi connectivity index (χ0v) is 10.6. The molecule has 18 heavy (non-hydrogen) atoms. The van der Waals surface area contributed by atoms with Gasteiger partial charge in [-0.15, -0.1) is 0 Å². The number of amides is 1. The van der Waals surface area contributed by atoms with Crippen LogP contribution in [0.3, 0.4) is 0 Å². The van der Waals surface area contributed by atoms with Gasteiger partial charge in [0.05, 0.1) is 10.6 Å². The highest BCUT2D eigenvalue weighted by atomic mass is 32.2. The van der Waals surface area contributed by atoms with Crippen LogP contribution >= 0.6 is 0 Å². The van der Waals surface area contributed by atoms with Crippen LogP contribution < -0.4 is 5.32 Å². The molecule has 0 aliphatic rings. The second-order valence-electron chi connectivity index (χ2n) is 3.73. The number of rotatable bonds is 5. The largest absolute Gasteiger partial charge is 0.356 e. The van der Waals surface area contributed by atoms with E-state index in [-0.39, 0.29) is 29.5 Å². The van der Waals surface area contributed by atoms with Crippen molar-refractivity contribution in [3.63, 3.8) is 0 Å². The second kappa shape index (κ2) is 5.90. The summed E-state index contributed by atoms with van der Waals surface area (Å²) in [5.41, 5.74) is 0. The number of nitrogens with one attached hydrogen (secondary N) is 1. The molecule has 0 bridgehead atoms. The maximum absolute atomic E-state index is 12.9. The van der Waals surface area contributed by atoms with Crippen LogP contribution in [-0.2, 0) is 14.6 Å². The summed E-state index contributed by atoms with van der Waals surface area (Å²) >= 11 is 0. The fourth-order valence-corrected chi connectivity index (χ4v) is 2.63. The lowest BCUT2D eigenvalue weighted by Gasteiger charge is -2.05. The number of halogens is 2. The average molecular weight is 277 g/mol. The SMILES string of the molecule is CC(=O)NCCCS(=O)(=O)c1ccc(F)c(F)c1. The Kier molecular flexibility index (Phi) is 4.77. The number of carbonyl (C=O) groups is 1. The second-order valence-corrected chi connectivity index (χ2v) is 5.84. The predicted molar refractivity (Wildman–Crippen MR) is 61.7 cm³/mol. The van der Waals surface area contributed by atoms with Gasteiger partial charge < -0.3 is 5.32 Å². The molecule has 0 saturated heterocycles. The summed E-state index contributed by atoms with van der Waals surface area (Å²) in [5.74, 6) is -2.77. The van der Waals surface area contributed by atoms with Crippen molar-refractivity contribution in [1.29, 1.82) is 0 Å². The number of hydrogen-bond acceptors (Lipinski definition) is 3. The van der Waals surface area contributed by atoms with Gasteiger partial charge in [-0.3, -0.25) is 4.79 Å². The van der Waals surface area contributed by atoms with E-state index < -0.39 is 21.5 Å². The molecule has 0 saturated carbocycles. The maximum atomic E-state index is 12.9. The van der Waals surface area contributed by atoms with E-state index in [9.17, 15) is 22.0 Å². The monoisotopic (exact) mass is 277 g/mol. The van der Waals surface area contributed by atoms with Gasteiger partial charge >= 0.3 is 0 Å². The molecule has 0 spiro atoms. The van der Waals surface area contributed by atoms with Crippen LogP contribution in [0.15, 0.2) is 23.1 Å². The van der Waals surface area contributed by atoms with Crippen molar-refractivity contribution in [3.8, 4) is 0 Å². The Hall–Kier alpha value is -1.50. The fourth-order valence-electron chi connectivity index (χ4n) is 1.31. The van der Waals surface area contributed by atoms with Crippen LogP contribution in [0.5, 0.6) is 0 Å². The van der Waals surface area contributed by atoms with E-state index >= 15 is 0 Å². The molecule has 7 heteroatoms. The van der Waals surface area contributed by atoms with Crippen LogP contribution in [-0.4, -0.2) is 26.6 Å². The molecule has 0 fully saturated rings. The molecule has 0 radical (unpaired) electrons. The summed E-state index contributed by atoms with van der Waals surface area (Å²) in [5, 5.41) is 2.45. The van der Waals surface area contributed by atoms with Gasteiger partial charge in [-0.2, -0.15) is 0 Å². The summed E-state index contributed by atoms with van der Waals surface area (Å²) in [6, 6.07) is 2.45. The van der Waals surface area contributed by atoms with Gasteiger partial charge in [-0.1, -0.05) is 0 Å². The van der Waals surface area contributed by atoms with Crippen molar-refractivity contribution in [2.24, 2.45) is 0 Å². The zero-order chi connectivity index (χ0) is 13.8. The minimum Gasteiger partial charge on any atom is -0.356 e. The molecule has 0 unspecified atom stereocenters. The highest BCUT2D eigenvalue weighted by molar-refractivity contribution is 7.91. The molecule has 1 N–H and O–H groups in total. The van der Waals surface area contributed by atoms with Crippen molar-refractivity contribution in [3.05, 3.63) is 29.8 Å². The first-order valence-corrected chi connectivity index (χ1v) is 6.90. The van der Waals surface area contributed by atoms with Crippen LogP contribution in [0.25, 0.3) is 0 Å².